The number of rotatable bonds is 8. The van der Waals surface area contributed by atoms with Gasteiger partial charge in [-0.25, -0.2) is 4.68 Å². The highest BCUT2D eigenvalue weighted by atomic mass is 16.5. The number of nitrogens with one attached hydrogen (secondary N) is 2. The standard InChI is InChI=1S/C31H33N5O3/c1-6-38-27-16-24(12-14-26(27)39-17-23-10-7-19(2)8-11-23)29-28(22(5)34-31-32-18-33-36(29)31)30(37)35-25-13-9-20(3)15-21(25)4/h7-16,18,29H,6,17H2,1-5H3,(H,35,37)(H,32,33,34)/t29-/m1/s1. The number of carbonyl (C=O) groups excluding carboxylic acids is 1. The maximum atomic E-state index is 13.8. The molecule has 8 nitrogen and oxygen atoms in total. The first-order chi connectivity index (χ1) is 18.8. The average Bonchev–Trinajstić information content (AvgIpc) is 3.38. The molecule has 8 heteroatoms. The molecule has 0 unspecified atom stereocenters. The van der Waals surface area contributed by atoms with Gasteiger partial charge in [-0.1, -0.05) is 53.6 Å². The highest BCUT2D eigenvalue weighted by molar-refractivity contribution is 6.06. The van der Waals surface area contributed by atoms with Gasteiger partial charge in [0, 0.05) is 11.4 Å². The molecule has 1 aliphatic rings. The number of aryl methyl sites for hydroxylation is 3. The van der Waals surface area contributed by atoms with Crippen molar-refractivity contribution in [2.75, 3.05) is 17.2 Å². The van der Waals surface area contributed by atoms with Crippen molar-refractivity contribution in [3.63, 3.8) is 0 Å². The third kappa shape index (κ3) is 5.50. The van der Waals surface area contributed by atoms with Gasteiger partial charge < -0.3 is 20.1 Å². The minimum absolute atomic E-state index is 0.212. The summed E-state index contributed by atoms with van der Waals surface area (Å²) < 4.78 is 13.9. The molecule has 0 aliphatic carbocycles. The normalized spacial score (nSPS) is 14.4. The molecular formula is C31H33N5O3. The summed E-state index contributed by atoms with van der Waals surface area (Å²) in [6, 6.07) is 19.5. The lowest BCUT2D eigenvalue weighted by Crippen LogP contribution is -2.31. The molecule has 2 N–H and O–H groups in total. The lowest BCUT2D eigenvalue weighted by atomic mass is 9.94. The number of benzene rings is 3. The molecule has 0 saturated heterocycles. The first kappa shape index (κ1) is 26.0. The van der Waals surface area contributed by atoms with Crippen LogP contribution in [0.5, 0.6) is 11.5 Å². The number of fused-ring (bicyclic) bond motifs is 1. The van der Waals surface area contributed by atoms with E-state index in [1.165, 1.54) is 11.9 Å². The molecule has 0 bridgehead atoms. The van der Waals surface area contributed by atoms with Crippen LogP contribution in [0.3, 0.4) is 0 Å². The van der Waals surface area contributed by atoms with E-state index in [0.717, 1.165) is 27.9 Å². The first-order valence-electron chi connectivity index (χ1n) is 13.0. The molecule has 4 aromatic rings. The molecule has 0 fully saturated rings. The quantitative estimate of drug-likeness (QED) is 0.290. The van der Waals surface area contributed by atoms with Crippen LogP contribution in [0.2, 0.25) is 0 Å². The fourth-order valence-corrected chi connectivity index (χ4v) is 4.76. The SMILES string of the molecule is CCOc1cc([C@@H]2C(C(=O)Nc3ccc(C)cc3C)=C(C)Nc3ncnn32)ccc1OCc1ccc(C)cc1. The van der Waals surface area contributed by atoms with Gasteiger partial charge in [0.1, 0.15) is 19.0 Å². The van der Waals surface area contributed by atoms with E-state index in [-0.39, 0.29) is 5.91 Å². The van der Waals surface area contributed by atoms with Crippen molar-refractivity contribution < 1.29 is 14.3 Å². The molecule has 1 aliphatic heterocycles. The van der Waals surface area contributed by atoms with Gasteiger partial charge >= 0.3 is 0 Å². The molecule has 5 rings (SSSR count). The Hall–Kier alpha value is -4.59. The highest BCUT2D eigenvalue weighted by Gasteiger charge is 2.34. The number of carbonyl (C=O) groups is 1. The van der Waals surface area contributed by atoms with Crippen molar-refractivity contribution in [2.45, 2.75) is 47.3 Å². The predicted octanol–water partition coefficient (Wildman–Crippen LogP) is 6.11. The van der Waals surface area contributed by atoms with Crippen LogP contribution in [0.25, 0.3) is 0 Å². The highest BCUT2D eigenvalue weighted by Crippen LogP contribution is 2.39. The van der Waals surface area contributed by atoms with Crippen LogP contribution >= 0.6 is 0 Å². The zero-order valence-electron chi connectivity index (χ0n) is 22.9. The maximum Gasteiger partial charge on any atom is 0.255 e. The van der Waals surface area contributed by atoms with E-state index in [0.29, 0.717) is 41.9 Å². The fourth-order valence-electron chi connectivity index (χ4n) is 4.76. The zero-order valence-corrected chi connectivity index (χ0v) is 22.9. The molecule has 0 spiro atoms. The van der Waals surface area contributed by atoms with Crippen LogP contribution < -0.4 is 20.1 Å². The number of allylic oxidation sites excluding steroid dienone is 1. The monoisotopic (exact) mass is 523 g/mol. The molecule has 0 saturated carbocycles. The Kier molecular flexibility index (Phi) is 7.36. The Morgan fingerprint density at radius 2 is 1.72 bits per heavy atom. The molecule has 39 heavy (non-hydrogen) atoms. The second-order valence-corrected chi connectivity index (χ2v) is 9.78. The van der Waals surface area contributed by atoms with Gasteiger partial charge in [0.15, 0.2) is 11.5 Å². The van der Waals surface area contributed by atoms with E-state index < -0.39 is 6.04 Å². The number of hydrogen-bond donors (Lipinski definition) is 2. The van der Waals surface area contributed by atoms with Crippen LogP contribution in [0.15, 0.2) is 78.3 Å². The van der Waals surface area contributed by atoms with E-state index in [4.69, 9.17) is 9.47 Å². The van der Waals surface area contributed by atoms with Crippen molar-refractivity contribution >= 4 is 17.5 Å². The van der Waals surface area contributed by atoms with Crippen LogP contribution in [0.1, 0.15) is 47.7 Å². The van der Waals surface area contributed by atoms with Gasteiger partial charge in [0.05, 0.1) is 12.2 Å². The molecule has 1 atom stereocenters. The summed E-state index contributed by atoms with van der Waals surface area (Å²) in [5, 5.41) is 10.8. The molecular weight excluding hydrogens is 490 g/mol. The van der Waals surface area contributed by atoms with E-state index in [1.807, 2.05) is 64.1 Å². The molecule has 0 radical (unpaired) electrons. The Morgan fingerprint density at radius 3 is 2.46 bits per heavy atom. The van der Waals surface area contributed by atoms with Gasteiger partial charge in [-0.15, -0.1) is 0 Å². The summed E-state index contributed by atoms with van der Waals surface area (Å²) in [7, 11) is 0. The predicted molar refractivity (Wildman–Crippen MR) is 152 cm³/mol. The van der Waals surface area contributed by atoms with Gasteiger partial charge in [-0.2, -0.15) is 10.1 Å². The molecule has 3 aromatic carbocycles. The van der Waals surface area contributed by atoms with Crippen molar-refractivity contribution in [1.82, 2.24) is 14.8 Å². The first-order valence-corrected chi connectivity index (χ1v) is 13.0. The largest absolute Gasteiger partial charge is 0.490 e. The second-order valence-electron chi connectivity index (χ2n) is 9.78. The van der Waals surface area contributed by atoms with E-state index in [1.54, 1.807) is 4.68 Å². The third-order valence-electron chi connectivity index (χ3n) is 6.77. The number of nitrogens with zero attached hydrogens (tertiary/aromatic N) is 3. The maximum absolute atomic E-state index is 13.8. The summed E-state index contributed by atoms with van der Waals surface area (Å²) in [6.07, 6.45) is 1.48. The topological polar surface area (TPSA) is 90.3 Å². The number of anilines is 2. The molecule has 1 aromatic heterocycles. The van der Waals surface area contributed by atoms with E-state index >= 15 is 0 Å². The minimum atomic E-state index is -0.514. The molecule has 1 amide bonds. The van der Waals surface area contributed by atoms with Crippen LogP contribution in [0.4, 0.5) is 11.6 Å². The Labute approximate surface area is 228 Å². The van der Waals surface area contributed by atoms with Gasteiger partial charge in [0.2, 0.25) is 5.95 Å². The van der Waals surface area contributed by atoms with Crippen molar-refractivity contribution in [3.05, 3.63) is 106 Å². The second kappa shape index (κ2) is 11.0. The number of aromatic nitrogens is 3. The Balaban J connectivity index is 1.49. The third-order valence-corrected chi connectivity index (χ3v) is 6.77. The molecule has 2 heterocycles. The Morgan fingerprint density at radius 1 is 0.949 bits per heavy atom. The van der Waals surface area contributed by atoms with Crippen molar-refractivity contribution in [2.24, 2.45) is 0 Å². The van der Waals surface area contributed by atoms with Crippen LogP contribution in [-0.4, -0.2) is 27.3 Å². The lowest BCUT2D eigenvalue weighted by Gasteiger charge is -2.29. The van der Waals surface area contributed by atoms with Gasteiger partial charge in [0.25, 0.3) is 5.91 Å². The minimum Gasteiger partial charge on any atom is -0.490 e. The van der Waals surface area contributed by atoms with Gasteiger partial charge in [-0.3, -0.25) is 4.79 Å². The molecule has 200 valence electrons. The Bertz CT molecular complexity index is 1540. The summed E-state index contributed by atoms with van der Waals surface area (Å²) >= 11 is 0. The smallest absolute Gasteiger partial charge is 0.255 e. The fraction of sp³-hybridized carbons (Fsp3) is 0.258. The average molecular weight is 524 g/mol. The summed E-state index contributed by atoms with van der Waals surface area (Å²) in [4.78, 5) is 18.1. The summed E-state index contributed by atoms with van der Waals surface area (Å²) in [5.74, 6) is 1.60. The van der Waals surface area contributed by atoms with Crippen molar-refractivity contribution in [1.29, 1.82) is 0 Å². The number of amides is 1. The van der Waals surface area contributed by atoms with E-state index in [2.05, 4.69) is 51.9 Å². The summed E-state index contributed by atoms with van der Waals surface area (Å²) in [6.45, 7) is 10.8. The van der Waals surface area contributed by atoms with Crippen LogP contribution in [-0.2, 0) is 11.4 Å². The number of ether oxygens (including phenoxy) is 2. The summed E-state index contributed by atoms with van der Waals surface area (Å²) in [5.41, 5.74) is 7.26. The van der Waals surface area contributed by atoms with Crippen LogP contribution in [0, 0.1) is 20.8 Å². The number of hydrogen-bond acceptors (Lipinski definition) is 6. The zero-order chi connectivity index (χ0) is 27.5. The van der Waals surface area contributed by atoms with E-state index in [9.17, 15) is 4.79 Å². The lowest BCUT2D eigenvalue weighted by molar-refractivity contribution is -0.113. The van der Waals surface area contributed by atoms with Gasteiger partial charge in [-0.05, 0) is 69.5 Å². The van der Waals surface area contributed by atoms with Crippen molar-refractivity contribution in [3.8, 4) is 11.5 Å².